The highest BCUT2D eigenvalue weighted by Crippen LogP contribution is 2.39. The Morgan fingerprint density at radius 2 is 2.28 bits per heavy atom. The number of thiophene rings is 1. The second-order valence-corrected chi connectivity index (χ2v) is 6.96. The van der Waals surface area contributed by atoms with Crippen LogP contribution in [0.25, 0.3) is 0 Å². The molecule has 0 radical (unpaired) electrons. The number of hydrogen-bond donors (Lipinski definition) is 1. The van der Waals surface area contributed by atoms with E-state index in [2.05, 4.69) is 11.4 Å². The van der Waals surface area contributed by atoms with E-state index in [9.17, 15) is 4.79 Å². The summed E-state index contributed by atoms with van der Waals surface area (Å²) < 4.78 is 0.891. The summed E-state index contributed by atoms with van der Waals surface area (Å²) in [6.45, 7) is 0.822. The van der Waals surface area contributed by atoms with Gasteiger partial charge in [0.1, 0.15) is 0 Å². The third-order valence-electron chi connectivity index (χ3n) is 3.91. The number of likely N-dealkylation sites (N-methyl/N-ethyl adjacent to an activating group) is 1. The highest BCUT2D eigenvalue weighted by molar-refractivity contribution is 7.16. The fourth-order valence-corrected chi connectivity index (χ4v) is 4.29. The molecule has 1 aromatic heterocycles. The zero-order chi connectivity index (χ0) is 12.7. The molecule has 1 amide bonds. The minimum Gasteiger partial charge on any atom is -0.344 e. The van der Waals surface area contributed by atoms with Gasteiger partial charge in [-0.2, -0.15) is 0 Å². The predicted octanol–water partition coefficient (Wildman–Crippen LogP) is 2.60. The first-order chi connectivity index (χ1) is 8.63. The lowest BCUT2D eigenvalue weighted by atomic mass is 10.0. The zero-order valence-corrected chi connectivity index (χ0v) is 12.0. The van der Waals surface area contributed by atoms with E-state index in [1.807, 2.05) is 11.9 Å². The molecule has 1 N–H and O–H groups in total. The number of nitrogens with zero attached hydrogens (tertiary/aromatic N) is 1. The van der Waals surface area contributed by atoms with E-state index in [4.69, 9.17) is 11.6 Å². The van der Waals surface area contributed by atoms with Crippen molar-refractivity contribution in [2.45, 2.75) is 37.8 Å². The summed E-state index contributed by atoms with van der Waals surface area (Å²) in [4.78, 5) is 14.7. The number of halogens is 1. The Morgan fingerprint density at radius 1 is 1.44 bits per heavy atom. The van der Waals surface area contributed by atoms with E-state index in [0.29, 0.717) is 18.5 Å². The number of carbonyl (C=O) groups excluding carboxylic acids is 1. The molecule has 1 aliphatic carbocycles. The van der Waals surface area contributed by atoms with Crippen LogP contribution in [0.3, 0.4) is 0 Å². The molecule has 5 heteroatoms. The second-order valence-electron chi connectivity index (χ2n) is 5.20. The van der Waals surface area contributed by atoms with E-state index < -0.39 is 0 Å². The summed E-state index contributed by atoms with van der Waals surface area (Å²) in [5.74, 6) is 0.263. The quantitative estimate of drug-likeness (QED) is 0.905. The Hall–Kier alpha value is -0.580. The summed E-state index contributed by atoms with van der Waals surface area (Å²) in [7, 11) is 1.89. The van der Waals surface area contributed by atoms with Crippen LogP contribution in [0.4, 0.5) is 0 Å². The number of carbonyl (C=O) groups is 1. The fourth-order valence-electron chi connectivity index (χ4n) is 2.94. The number of aryl methyl sites for hydroxylation is 1. The van der Waals surface area contributed by atoms with Crippen molar-refractivity contribution < 1.29 is 4.79 Å². The molecule has 3 rings (SSSR count). The van der Waals surface area contributed by atoms with Gasteiger partial charge in [0.05, 0.1) is 4.34 Å². The molecule has 18 heavy (non-hydrogen) atoms. The SMILES string of the molecule is CN1CC(NC2CCc3sc(Cl)cc32)CCC1=O. The molecule has 0 bridgehead atoms. The van der Waals surface area contributed by atoms with E-state index in [-0.39, 0.29) is 5.91 Å². The third-order valence-corrected chi connectivity index (χ3v) is 5.25. The number of amides is 1. The Kier molecular flexibility index (Phi) is 3.34. The molecule has 0 saturated carbocycles. The molecular formula is C13H17ClN2OS. The van der Waals surface area contributed by atoms with Crippen LogP contribution in [-0.4, -0.2) is 30.4 Å². The summed E-state index contributed by atoms with van der Waals surface area (Å²) in [5.41, 5.74) is 1.38. The number of piperidine rings is 1. The molecule has 1 aliphatic heterocycles. The summed E-state index contributed by atoms with van der Waals surface area (Å²) >= 11 is 7.77. The van der Waals surface area contributed by atoms with Gasteiger partial charge in [-0.15, -0.1) is 11.3 Å². The van der Waals surface area contributed by atoms with Crippen molar-refractivity contribution in [3.63, 3.8) is 0 Å². The molecule has 0 spiro atoms. The Bertz CT molecular complexity index is 474. The van der Waals surface area contributed by atoms with Crippen molar-refractivity contribution >= 4 is 28.8 Å². The highest BCUT2D eigenvalue weighted by Gasteiger charge is 2.29. The molecule has 2 atom stereocenters. The lowest BCUT2D eigenvalue weighted by Gasteiger charge is -2.32. The van der Waals surface area contributed by atoms with Crippen LogP contribution in [0.1, 0.15) is 35.7 Å². The third kappa shape index (κ3) is 2.29. The lowest BCUT2D eigenvalue weighted by Crippen LogP contribution is -2.47. The van der Waals surface area contributed by atoms with Crippen LogP contribution in [0, 0.1) is 0 Å². The van der Waals surface area contributed by atoms with Gasteiger partial charge in [-0.3, -0.25) is 4.79 Å². The smallest absolute Gasteiger partial charge is 0.222 e. The van der Waals surface area contributed by atoms with E-state index in [1.165, 1.54) is 10.4 Å². The van der Waals surface area contributed by atoms with Crippen LogP contribution >= 0.6 is 22.9 Å². The first-order valence-electron chi connectivity index (χ1n) is 6.41. The van der Waals surface area contributed by atoms with Crippen molar-refractivity contribution in [3.05, 3.63) is 20.8 Å². The van der Waals surface area contributed by atoms with Crippen molar-refractivity contribution in [3.8, 4) is 0 Å². The number of fused-ring (bicyclic) bond motifs is 1. The molecule has 2 heterocycles. The maximum Gasteiger partial charge on any atom is 0.222 e. The molecular weight excluding hydrogens is 268 g/mol. The Labute approximate surface area is 116 Å². The summed E-state index contributed by atoms with van der Waals surface area (Å²) in [5, 5.41) is 3.69. The van der Waals surface area contributed by atoms with Crippen LogP contribution in [0.2, 0.25) is 4.34 Å². The molecule has 1 fully saturated rings. The average molecular weight is 285 g/mol. The molecule has 3 nitrogen and oxygen atoms in total. The molecule has 98 valence electrons. The fraction of sp³-hybridized carbons (Fsp3) is 0.615. The van der Waals surface area contributed by atoms with Gasteiger partial charge < -0.3 is 10.2 Å². The van der Waals surface area contributed by atoms with Gasteiger partial charge in [-0.25, -0.2) is 0 Å². The summed E-state index contributed by atoms with van der Waals surface area (Å²) in [6, 6.07) is 2.95. The van der Waals surface area contributed by atoms with Crippen LogP contribution in [0.15, 0.2) is 6.07 Å². The van der Waals surface area contributed by atoms with Gasteiger partial charge in [0, 0.05) is 37.0 Å². The summed E-state index contributed by atoms with van der Waals surface area (Å²) in [6.07, 6.45) is 3.91. The predicted molar refractivity (Wildman–Crippen MR) is 74.2 cm³/mol. The van der Waals surface area contributed by atoms with Crippen molar-refractivity contribution in [2.75, 3.05) is 13.6 Å². The number of rotatable bonds is 2. The van der Waals surface area contributed by atoms with E-state index in [0.717, 1.165) is 30.1 Å². The van der Waals surface area contributed by atoms with Gasteiger partial charge in [0.15, 0.2) is 0 Å². The van der Waals surface area contributed by atoms with E-state index in [1.54, 1.807) is 11.3 Å². The monoisotopic (exact) mass is 284 g/mol. The number of nitrogens with one attached hydrogen (secondary N) is 1. The minimum atomic E-state index is 0.263. The maximum absolute atomic E-state index is 11.5. The zero-order valence-electron chi connectivity index (χ0n) is 10.4. The van der Waals surface area contributed by atoms with Crippen LogP contribution < -0.4 is 5.32 Å². The molecule has 1 saturated heterocycles. The molecule has 0 aromatic carbocycles. The van der Waals surface area contributed by atoms with Gasteiger partial charge in [-0.1, -0.05) is 11.6 Å². The van der Waals surface area contributed by atoms with Gasteiger partial charge in [0.25, 0.3) is 0 Å². The topological polar surface area (TPSA) is 32.3 Å². The van der Waals surface area contributed by atoms with Gasteiger partial charge in [-0.05, 0) is 30.9 Å². The van der Waals surface area contributed by atoms with Crippen molar-refractivity contribution in [2.24, 2.45) is 0 Å². The molecule has 2 unspecified atom stereocenters. The normalized spacial score (nSPS) is 27.7. The first-order valence-corrected chi connectivity index (χ1v) is 7.61. The van der Waals surface area contributed by atoms with Crippen molar-refractivity contribution in [1.82, 2.24) is 10.2 Å². The van der Waals surface area contributed by atoms with Gasteiger partial charge in [0.2, 0.25) is 5.91 Å². The first kappa shape index (κ1) is 12.5. The highest BCUT2D eigenvalue weighted by atomic mass is 35.5. The van der Waals surface area contributed by atoms with Crippen LogP contribution in [0.5, 0.6) is 0 Å². The average Bonchev–Trinajstić information content (AvgIpc) is 2.85. The standard InChI is InChI=1S/C13H17ClN2OS/c1-16-7-8(2-5-13(16)17)15-10-3-4-11-9(10)6-12(14)18-11/h6,8,10,15H,2-5,7H2,1H3. The van der Waals surface area contributed by atoms with E-state index >= 15 is 0 Å². The molecule has 2 aliphatic rings. The number of hydrogen-bond acceptors (Lipinski definition) is 3. The largest absolute Gasteiger partial charge is 0.344 e. The maximum atomic E-state index is 11.5. The van der Waals surface area contributed by atoms with Gasteiger partial charge >= 0.3 is 0 Å². The van der Waals surface area contributed by atoms with Crippen molar-refractivity contribution in [1.29, 1.82) is 0 Å². The van der Waals surface area contributed by atoms with Crippen LogP contribution in [-0.2, 0) is 11.2 Å². The Balaban J connectivity index is 1.66. The minimum absolute atomic E-state index is 0.263. The number of likely N-dealkylation sites (tertiary alicyclic amines) is 1. The lowest BCUT2D eigenvalue weighted by molar-refractivity contribution is -0.132. The molecule has 1 aromatic rings. The Morgan fingerprint density at radius 3 is 3.06 bits per heavy atom. The second kappa shape index (κ2) is 4.83.